The van der Waals surface area contributed by atoms with Crippen LogP contribution in [0, 0.1) is 20.8 Å². The van der Waals surface area contributed by atoms with E-state index in [2.05, 4.69) is 85.3 Å². The normalized spacial score (nSPS) is 12.4. The van der Waals surface area contributed by atoms with Gasteiger partial charge in [0.05, 0.1) is 0 Å². The van der Waals surface area contributed by atoms with E-state index in [4.69, 9.17) is 0 Å². The molecule has 0 spiro atoms. The first-order valence-electron chi connectivity index (χ1n) is 7.56. The molecule has 1 atom stereocenters. The summed E-state index contributed by atoms with van der Waals surface area (Å²) < 4.78 is 1.19. The highest BCUT2D eigenvalue weighted by molar-refractivity contribution is 9.10. The van der Waals surface area contributed by atoms with Gasteiger partial charge in [-0.05, 0) is 56.5 Å². The Labute approximate surface area is 136 Å². The summed E-state index contributed by atoms with van der Waals surface area (Å²) >= 11 is 3.72. The van der Waals surface area contributed by atoms with Crippen molar-refractivity contribution in [1.29, 1.82) is 0 Å². The summed E-state index contributed by atoms with van der Waals surface area (Å²) in [7, 11) is 0. The lowest BCUT2D eigenvalue weighted by Gasteiger charge is -2.21. The second-order valence-electron chi connectivity index (χ2n) is 5.84. The Kier molecular flexibility index (Phi) is 5.60. The van der Waals surface area contributed by atoms with Gasteiger partial charge >= 0.3 is 0 Å². The van der Waals surface area contributed by atoms with Crippen molar-refractivity contribution in [1.82, 2.24) is 5.32 Å². The van der Waals surface area contributed by atoms with E-state index in [9.17, 15) is 0 Å². The molecular weight excluding hydrogens is 322 g/mol. The predicted molar refractivity (Wildman–Crippen MR) is 94.9 cm³/mol. The molecule has 0 bridgehead atoms. The lowest BCUT2D eigenvalue weighted by molar-refractivity contribution is 0.547. The van der Waals surface area contributed by atoms with Gasteiger partial charge in [0.2, 0.25) is 0 Å². The van der Waals surface area contributed by atoms with E-state index in [0.29, 0.717) is 6.04 Å². The van der Waals surface area contributed by atoms with E-state index in [0.717, 1.165) is 13.0 Å². The second-order valence-corrected chi connectivity index (χ2v) is 6.69. The Morgan fingerprint density at radius 3 is 2.19 bits per heavy atom. The topological polar surface area (TPSA) is 12.0 Å². The number of hydrogen-bond acceptors (Lipinski definition) is 1. The van der Waals surface area contributed by atoms with Crippen LogP contribution in [-0.2, 0) is 6.42 Å². The zero-order chi connectivity index (χ0) is 15.4. The van der Waals surface area contributed by atoms with Gasteiger partial charge < -0.3 is 5.32 Å². The van der Waals surface area contributed by atoms with Crippen LogP contribution >= 0.6 is 15.9 Å². The Balaban J connectivity index is 2.30. The minimum absolute atomic E-state index is 0.339. The van der Waals surface area contributed by atoms with Crippen LogP contribution in [-0.4, -0.2) is 6.54 Å². The molecule has 0 amide bonds. The number of benzene rings is 2. The van der Waals surface area contributed by atoms with Gasteiger partial charge in [0.25, 0.3) is 0 Å². The molecule has 2 aromatic carbocycles. The third kappa shape index (κ3) is 4.42. The van der Waals surface area contributed by atoms with E-state index in [1.165, 1.54) is 32.3 Å². The van der Waals surface area contributed by atoms with E-state index in [1.807, 2.05) is 0 Å². The molecule has 0 fully saturated rings. The maximum absolute atomic E-state index is 3.72. The lowest BCUT2D eigenvalue weighted by atomic mass is 9.96. The van der Waals surface area contributed by atoms with E-state index >= 15 is 0 Å². The molecule has 0 aromatic heterocycles. The molecule has 1 nitrogen and oxygen atoms in total. The fourth-order valence-corrected chi connectivity index (χ4v) is 3.65. The van der Waals surface area contributed by atoms with Crippen molar-refractivity contribution in [3.05, 3.63) is 68.7 Å². The minimum atomic E-state index is 0.339. The van der Waals surface area contributed by atoms with Gasteiger partial charge in [0, 0.05) is 10.5 Å². The van der Waals surface area contributed by atoms with Crippen LogP contribution in [0.3, 0.4) is 0 Å². The molecule has 0 aliphatic heterocycles. The fourth-order valence-electron chi connectivity index (χ4n) is 2.88. The monoisotopic (exact) mass is 345 g/mol. The Hall–Kier alpha value is -1.12. The number of rotatable bonds is 5. The summed E-state index contributed by atoms with van der Waals surface area (Å²) in [4.78, 5) is 0. The summed E-state index contributed by atoms with van der Waals surface area (Å²) in [5.74, 6) is 0. The van der Waals surface area contributed by atoms with Crippen molar-refractivity contribution in [2.75, 3.05) is 6.54 Å². The van der Waals surface area contributed by atoms with Crippen LogP contribution in [0.2, 0.25) is 0 Å². The van der Waals surface area contributed by atoms with Crippen molar-refractivity contribution >= 4 is 15.9 Å². The van der Waals surface area contributed by atoms with Gasteiger partial charge in [-0.3, -0.25) is 0 Å². The molecule has 0 radical (unpaired) electrons. The molecule has 2 aromatic rings. The van der Waals surface area contributed by atoms with Gasteiger partial charge in [-0.15, -0.1) is 0 Å². The summed E-state index contributed by atoms with van der Waals surface area (Å²) in [6.07, 6.45) is 1.01. The largest absolute Gasteiger partial charge is 0.310 e. The third-order valence-corrected chi connectivity index (χ3v) is 4.39. The van der Waals surface area contributed by atoms with Crippen molar-refractivity contribution in [3.63, 3.8) is 0 Å². The number of hydrogen-bond donors (Lipinski definition) is 1. The zero-order valence-electron chi connectivity index (χ0n) is 13.3. The molecule has 0 aliphatic rings. The molecule has 0 aliphatic carbocycles. The smallest absolute Gasteiger partial charge is 0.0372 e. The van der Waals surface area contributed by atoms with Gasteiger partial charge in [0.15, 0.2) is 0 Å². The third-order valence-electron chi connectivity index (χ3n) is 3.70. The minimum Gasteiger partial charge on any atom is -0.310 e. The molecule has 112 valence electrons. The fraction of sp³-hybridized carbons (Fsp3) is 0.368. The first kappa shape index (κ1) is 16.3. The predicted octanol–water partition coefficient (Wildman–Crippen LogP) is 5.27. The summed E-state index contributed by atoms with van der Waals surface area (Å²) in [5, 5.41) is 3.62. The highest BCUT2D eigenvalue weighted by atomic mass is 79.9. The van der Waals surface area contributed by atoms with Crippen molar-refractivity contribution < 1.29 is 0 Å². The molecule has 1 unspecified atom stereocenters. The van der Waals surface area contributed by atoms with Gasteiger partial charge in [-0.1, -0.05) is 64.3 Å². The highest BCUT2D eigenvalue weighted by Gasteiger charge is 2.14. The molecule has 0 saturated heterocycles. The number of halogens is 1. The van der Waals surface area contributed by atoms with Crippen LogP contribution < -0.4 is 5.32 Å². The highest BCUT2D eigenvalue weighted by Crippen LogP contribution is 2.27. The van der Waals surface area contributed by atoms with E-state index < -0.39 is 0 Å². The number of nitrogens with one attached hydrogen (secondary N) is 1. The van der Waals surface area contributed by atoms with Gasteiger partial charge in [0.1, 0.15) is 0 Å². The van der Waals surface area contributed by atoms with E-state index in [1.54, 1.807) is 0 Å². The number of aryl methyl sites for hydroxylation is 3. The molecule has 0 heterocycles. The van der Waals surface area contributed by atoms with Crippen LogP contribution in [0.1, 0.15) is 40.8 Å². The number of likely N-dealkylation sites (N-methyl/N-ethyl adjacent to an activating group) is 1. The SMILES string of the molecule is CCNC(Cc1cc(C)cc(C)c1)c1ccc(C)cc1Br. The lowest BCUT2D eigenvalue weighted by Crippen LogP contribution is -2.23. The maximum Gasteiger partial charge on any atom is 0.0372 e. The van der Waals surface area contributed by atoms with Crippen LogP contribution in [0.15, 0.2) is 40.9 Å². The second kappa shape index (κ2) is 7.24. The van der Waals surface area contributed by atoms with Crippen LogP contribution in [0.4, 0.5) is 0 Å². The van der Waals surface area contributed by atoms with Crippen LogP contribution in [0.5, 0.6) is 0 Å². The first-order valence-corrected chi connectivity index (χ1v) is 8.35. The van der Waals surface area contributed by atoms with Gasteiger partial charge in [-0.25, -0.2) is 0 Å². The average Bonchev–Trinajstić information content (AvgIpc) is 2.37. The first-order chi connectivity index (χ1) is 9.99. The van der Waals surface area contributed by atoms with Crippen molar-refractivity contribution in [2.24, 2.45) is 0 Å². The van der Waals surface area contributed by atoms with Crippen molar-refractivity contribution in [3.8, 4) is 0 Å². The van der Waals surface area contributed by atoms with Crippen molar-refractivity contribution in [2.45, 2.75) is 40.2 Å². The Morgan fingerprint density at radius 2 is 1.62 bits per heavy atom. The average molecular weight is 346 g/mol. The Bertz CT molecular complexity index is 599. The molecule has 0 saturated carbocycles. The Morgan fingerprint density at radius 1 is 0.952 bits per heavy atom. The summed E-state index contributed by atoms with van der Waals surface area (Å²) in [6.45, 7) is 9.59. The standard InChI is InChI=1S/C19H24BrN/c1-5-21-19(17-7-6-13(2)11-18(17)20)12-16-9-14(3)8-15(4)10-16/h6-11,19,21H,5,12H2,1-4H3. The summed E-state index contributed by atoms with van der Waals surface area (Å²) in [6, 6.07) is 13.8. The van der Waals surface area contributed by atoms with Crippen LogP contribution in [0.25, 0.3) is 0 Å². The molecule has 2 heteroatoms. The quantitative estimate of drug-likeness (QED) is 0.778. The zero-order valence-corrected chi connectivity index (χ0v) is 14.9. The van der Waals surface area contributed by atoms with Gasteiger partial charge in [-0.2, -0.15) is 0 Å². The molecule has 1 N–H and O–H groups in total. The molecular formula is C19H24BrN. The molecule has 2 rings (SSSR count). The van der Waals surface area contributed by atoms with E-state index in [-0.39, 0.29) is 0 Å². The maximum atomic E-state index is 3.72. The summed E-state index contributed by atoms with van der Waals surface area (Å²) in [5.41, 5.74) is 6.69. The molecule has 21 heavy (non-hydrogen) atoms.